The van der Waals surface area contributed by atoms with Crippen LogP contribution >= 0.6 is 0 Å². The average Bonchev–Trinajstić information content (AvgIpc) is 2.93. The number of nitrogens with zero attached hydrogens (tertiary/aromatic N) is 1. The number of methoxy groups -OCH3 is 1. The number of hydrogen-bond acceptors (Lipinski definition) is 4. The largest absolute Gasteiger partial charge is 0.497 e. The predicted molar refractivity (Wildman–Crippen MR) is 108 cm³/mol. The number of ketones is 1. The summed E-state index contributed by atoms with van der Waals surface area (Å²) in [4.78, 5) is 27.4. The van der Waals surface area contributed by atoms with Gasteiger partial charge in [0.05, 0.1) is 19.2 Å². The molecule has 3 aromatic rings. The number of likely N-dealkylation sites (N-methyl/N-ethyl adjacent to an activating group) is 1. The summed E-state index contributed by atoms with van der Waals surface area (Å²) in [5.74, 6) is 0.0186. The third-order valence-electron chi connectivity index (χ3n) is 5.34. The molecule has 0 aromatic heterocycles. The van der Waals surface area contributed by atoms with Crippen molar-refractivity contribution in [3.63, 3.8) is 0 Å². The van der Waals surface area contributed by atoms with Crippen LogP contribution in [0.1, 0.15) is 29.3 Å². The zero-order valence-electron chi connectivity index (χ0n) is 15.8. The van der Waals surface area contributed by atoms with Gasteiger partial charge >= 0.3 is 0 Å². The van der Waals surface area contributed by atoms with Crippen LogP contribution in [0.2, 0.25) is 0 Å². The summed E-state index contributed by atoms with van der Waals surface area (Å²) in [6, 6.07) is 18.1. The van der Waals surface area contributed by atoms with E-state index in [0.717, 1.165) is 16.5 Å². The van der Waals surface area contributed by atoms with Gasteiger partial charge in [-0.3, -0.25) is 9.59 Å². The minimum atomic E-state index is -1.83. The molecule has 1 atom stereocenters. The molecule has 5 heteroatoms. The van der Waals surface area contributed by atoms with E-state index in [1.807, 2.05) is 37.3 Å². The van der Waals surface area contributed by atoms with Gasteiger partial charge in [-0.15, -0.1) is 0 Å². The van der Waals surface area contributed by atoms with Crippen molar-refractivity contribution in [2.75, 3.05) is 18.6 Å². The summed E-state index contributed by atoms with van der Waals surface area (Å²) >= 11 is 0. The van der Waals surface area contributed by atoms with Crippen LogP contribution in [-0.4, -0.2) is 30.5 Å². The molecule has 142 valence electrons. The van der Waals surface area contributed by atoms with Gasteiger partial charge < -0.3 is 14.7 Å². The SMILES string of the molecule is CCN1C(=O)[C@@](O)(CC(=O)c2ccc3cc(OC)ccc3c2)c2ccccc21. The lowest BCUT2D eigenvalue weighted by Crippen LogP contribution is -2.41. The summed E-state index contributed by atoms with van der Waals surface area (Å²) < 4.78 is 5.23. The van der Waals surface area contributed by atoms with Gasteiger partial charge in [0.25, 0.3) is 5.91 Å². The van der Waals surface area contributed by atoms with E-state index in [-0.39, 0.29) is 12.2 Å². The molecule has 1 N–H and O–H groups in total. The number of benzene rings is 3. The Morgan fingerprint density at radius 1 is 1.07 bits per heavy atom. The lowest BCUT2D eigenvalue weighted by atomic mass is 9.87. The number of anilines is 1. The molecule has 0 spiro atoms. The van der Waals surface area contributed by atoms with Crippen LogP contribution < -0.4 is 9.64 Å². The van der Waals surface area contributed by atoms with Gasteiger partial charge in [0.1, 0.15) is 5.75 Å². The molecule has 0 saturated heterocycles. The second-order valence-corrected chi connectivity index (χ2v) is 6.95. The normalized spacial score (nSPS) is 18.4. The van der Waals surface area contributed by atoms with E-state index in [1.165, 1.54) is 4.90 Å². The average molecular weight is 375 g/mol. The van der Waals surface area contributed by atoms with E-state index < -0.39 is 11.5 Å². The Morgan fingerprint density at radius 3 is 2.54 bits per heavy atom. The fraction of sp³-hybridized carbons (Fsp3) is 0.217. The number of hydrogen-bond donors (Lipinski definition) is 1. The zero-order chi connectivity index (χ0) is 19.9. The summed E-state index contributed by atoms with van der Waals surface area (Å²) in [5.41, 5.74) is -0.221. The molecule has 0 bridgehead atoms. The Bertz CT molecular complexity index is 1090. The molecule has 1 aliphatic heterocycles. The maximum atomic E-state index is 13.0. The quantitative estimate of drug-likeness (QED) is 0.691. The van der Waals surface area contributed by atoms with Crippen molar-refractivity contribution in [2.24, 2.45) is 0 Å². The van der Waals surface area contributed by atoms with Crippen LogP contribution in [0.5, 0.6) is 5.75 Å². The number of ether oxygens (including phenoxy) is 1. The molecule has 0 aliphatic carbocycles. The van der Waals surface area contributed by atoms with Crippen molar-refractivity contribution in [3.8, 4) is 5.75 Å². The van der Waals surface area contributed by atoms with E-state index in [0.29, 0.717) is 23.4 Å². The molecule has 1 aliphatic rings. The first kappa shape index (κ1) is 18.2. The van der Waals surface area contributed by atoms with Crippen molar-refractivity contribution in [1.29, 1.82) is 0 Å². The summed E-state index contributed by atoms with van der Waals surface area (Å²) in [5, 5.41) is 13.0. The smallest absolute Gasteiger partial charge is 0.264 e. The summed E-state index contributed by atoms with van der Waals surface area (Å²) in [6.45, 7) is 2.28. The predicted octanol–water partition coefficient (Wildman–Crippen LogP) is 3.68. The first-order valence-corrected chi connectivity index (χ1v) is 9.23. The van der Waals surface area contributed by atoms with E-state index in [1.54, 1.807) is 37.4 Å². The highest BCUT2D eigenvalue weighted by atomic mass is 16.5. The van der Waals surface area contributed by atoms with Gasteiger partial charge in [0, 0.05) is 17.7 Å². The van der Waals surface area contributed by atoms with Gasteiger partial charge in [-0.25, -0.2) is 0 Å². The maximum Gasteiger partial charge on any atom is 0.264 e. The van der Waals surface area contributed by atoms with E-state index in [2.05, 4.69) is 0 Å². The number of para-hydroxylation sites is 1. The van der Waals surface area contributed by atoms with Crippen molar-refractivity contribution >= 4 is 28.2 Å². The van der Waals surface area contributed by atoms with Crippen molar-refractivity contribution in [2.45, 2.75) is 18.9 Å². The standard InChI is InChI=1S/C23H21NO4/c1-3-24-20-7-5-4-6-19(20)23(27,22(24)26)14-21(25)17-9-8-16-13-18(28-2)11-10-15(16)12-17/h4-13,27H,3,14H2,1-2H3/t23-/m1/s1. The molecule has 0 radical (unpaired) electrons. The van der Waals surface area contributed by atoms with Crippen molar-refractivity contribution in [3.05, 3.63) is 71.8 Å². The van der Waals surface area contributed by atoms with Gasteiger partial charge in [0.2, 0.25) is 0 Å². The molecule has 28 heavy (non-hydrogen) atoms. The third-order valence-corrected chi connectivity index (χ3v) is 5.34. The Morgan fingerprint density at radius 2 is 1.79 bits per heavy atom. The zero-order valence-corrected chi connectivity index (χ0v) is 15.8. The number of amides is 1. The first-order valence-electron chi connectivity index (χ1n) is 9.23. The Kier molecular flexibility index (Phi) is 4.40. The fourth-order valence-electron chi connectivity index (χ4n) is 3.85. The molecule has 0 saturated carbocycles. The highest BCUT2D eigenvalue weighted by Gasteiger charge is 2.50. The van der Waals surface area contributed by atoms with Crippen LogP contribution in [0, 0.1) is 0 Å². The minimum absolute atomic E-state index is 0.277. The molecule has 0 unspecified atom stereocenters. The minimum Gasteiger partial charge on any atom is -0.497 e. The molecule has 0 fully saturated rings. The summed E-state index contributed by atoms with van der Waals surface area (Å²) in [7, 11) is 1.61. The highest BCUT2D eigenvalue weighted by molar-refractivity contribution is 6.11. The van der Waals surface area contributed by atoms with Crippen LogP contribution in [0.4, 0.5) is 5.69 Å². The molecular formula is C23H21NO4. The van der Waals surface area contributed by atoms with Gasteiger partial charge in [0.15, 0.2) is 11.4 Å². The number of aliphatic hydroxyl groups is 1. The first-order chi connectivity index (χ1) is 13.5. The highest BCUT2D eigenvalue weighted by Crippen LogP contribution is 2.42. The molecular weight excluding hydrogens is 354 g/mol. The lowest BCUT2D eigenvalue weighted by molar-refractivity contribution is -0.135. The molecule has 1 heterocycles. The molecule has 3 aromatic carbocycles. The van der Waals surface area contributed by atoms with E-state index in [4.69, 9.17) is 4.74 Å². The topological polar surface area (TPSA) is 66.8 Å². The van der Waals surface area contributed by atoms with Crippen LogP contribution in [-0.2, 0) is 10.4 Å². The fourth-order valence-corrected chi connectivity index (χ4v) is 3.85. The second kappa shape index (κ2) is 6.77. The molecule has 1 amide bonds. The molecule has 4 rings (SSSR count). The lowest BCUT2D eigenvalue weighted by Gasteiger charge is -2.22. The number of carbonyl (C=O) groups is 2. The second-order valence-electron chi connectivity index (χ2n) is 6.95. The Balaban J connectivity index is 1.68. The van der Waals surface area contributed by atoms with E-state index >= 15 is 0 Å². The maximum absolute atomic E-state index is 13.0. The number of rotatable bonds is 5. The van der Waals surface area contributed by atoms with Crippen LogP contribution in [0.15, 0.2) is 60.7 Å². The van der Waals surface area contributed by atoms with Gasteiger partial charge in [-0.05, 0) is 42.0 Å². The van der Waals surface area contributed by atoms with Crippen molar-refractivity contribution < 1.29 is 19.4 Å². The monoisotopic (exact) mass is 375 g/mol. The summed E-state index contributed by atoms with van der Waals surface area (Å²) in [6.07, 6.45) is -0.291. The number of Topliss-reactive ketones (excluding diaryl/α,β-unsaturated/α-hetero) is 1. The van der Waals surface area contributed by atoms with Gasteiger partial charge in [-0.2, -0.15) is 0 Å². The van der Waals surface area contributed by atoms with Crippen LogP contribution in [0.3, 0.4) is 0 Å². The number of carbonyl (C=O) groups excluding carboxylic acids is 2. The Labute approximate surface area is 163 Å². The Hall–Kier alpha value is -3.18. The number of fused-ring (bicyclic) bond motifs is 2. The molecule has 5 nitrogen and oxygen atoms in total. The van der Waals surface area contributed by atoms with Crippen LogP contribution in [0.25, 0.3) is 10.8 Å². The van der Waals surface area contributed by atoms with E-state index in [9.17, 15) is 14.7 Å². The van der Waals surface area contributed by atoms with Gasteiger partial charge in [-0.1, -0.05) is 36.4 Å². The van der Waals surface area contributed by atoms with Crippen molar-refractivity contribution in [1.82, 2.24) is 0 Å². The third kappa shape index (κ3) is 2.75.